The topological polar surface area (TPSA) is 78.6 Å². The first-order valence-corrected chi connectivity index (χ1v) is 9.89. The van der Waals surface area contributed by atoms with E-state index >= 15 is 0 Å². The number of para-hydroxylation sites is 2. The summed E-state index contributed by atoms with van der Waals surface area (Å²) in [6.07, 6.45) is 0.796. The zero-order valence-corrected chi connectivity index (χ0v) is 17.3. The Morgan fingerprint density at radius 1 is 1.14 bits per heavy atom. The maximum Gasteiger partial charge on any atom is 0.124 e. The second-order valence-electron chi connectivity index (χ2n) is 7.48. The molecule has 3 N–H and O–H groups in total. The van der Waals surface area contributed by atoms with E-state index in [1.165, 1.54) is 11.1 Å². The van der Waals surface area contributed by atoms with E-state index in [0.29, 0.717) is 0 Å². The number of ether oxygens (including phenoxy) is 1. The second kappa shape index (κ2) is 8.09. The van der Waals surface area contributed by atoms with Gasteiger partial charge in [0, 0.05) is 24.2 Å². The maximum atomic E-state index is 5.59. The number of aromatic amines is 2. The van der Waals surface area contributed by atoms with E-state index in [9.17, 15) is 0 Å². The molecule has 0 radical (unpaired) electrons. The first kappa shape index (κ1) is 19.2. The number of hydrogen-bond donors (Lipinski definition) is 3. The summed E-state index contributed by atoms with van der Waals surface area (Å²) in [6.45, 7) is 6.97. The Balaban J connectivity index is 1.49. The Bertz CT molecular complexity index is 1070. The molecular formula is C23H27N5O. The Kier molecular flexibility index (Phi) is 5.36. The molecule has 6 nitrogen and oxygen atoms in total. The van der Waals surface area contributed by atoms with Crippen LogP contribution in [0.1, 0.15) is 46.9 Å². The molecule has 0 saturated carbocycles. The highest BCUT2D eigenvalue weighted by atomic mass is 16.5. The first-order chi connectivity index (χ1) is 14.0. The molecule has 150 valence electrons. The van der Waals surface area contributed by atoms with Crippen molar-refractivity contribution in [2.75, 3.05) is 7.11 Å². The summed E-state index contributed by atoms with van der Waals surface area (Å²) in [5.74, 6) is 1.85. The summed E-state index contributed by atoms with van der Waals surface area (Å²) >= 11 is 0. The number of nitrogens with zero attached hydrogens (tertiary/aromatic N) is 2. The van der Waals surface area contributed by atoms with Gasteiger partial charge < -0.3 is 15.0 Å². The predicted octanol–water partition coefficient (Wildman–Crippen LogP) is 4.35. The zero-order chi connectivity index (χ0) is 20.4. The number of fused-ring (bicyclic) bond motifs is 1. The number of benzene rings is 2. The van der Waals surface area contributed by atoms with E-state index < -0.39 is 0 Å². The summed E-state index contributed by atoms with van der Waals surface area (Å²) < 4.78 is 5.59. The monoisotopic (exact) mass is 389 g/mol. The highest BCUT2D eigenvalue weighted by Gasteiger charge is 2.13. The lowest BCUT2D eigenvalue weighted by atomic mass is 10.00. The van der Waals surface area contributed by atoms with Gasteiger partial charge >= 0.3 is 0 Å². The second-order valence-corrected chi connectivity index (χ2v) is 7.48. The van der Waals surface area contributed by atoms with Gasteiger partial charge in [-0.15, -0.1) is 0 Å². The number of aryl methyl sites for hydroxylation is 2. The number of imidazole rings is 1. The Labute approximate surface area is 170 Å². The Morgan fingerprint density at radius 3 is 2.69 bits per heavy atom. The van der Waals surface area contributed by atoms with Gasteiger partial charge in [-0.3, -0.25) is 5.10 Å². The van der Waals surface area contributed by atoms with Gasteiger partial charge in [0.05, 0.1) is 29.9 Å². The molecule has 0 fully saturated rings. The molecule has 4 aromatic rings. The number of methoxy groups -OCH3 is 1. The van der Waals surface area contributed by atoms with Crippen molar-refractivity contribution in [1.29, 1.82) is 0 Å². The van der Waals surface area contributed by atoms with Crippen molar-refractivity contribution in [1.82, 2.24) is 25.5 Å². The van der Waals surface area contributed by atoms with Crippen LogP contribution in [0.2, 0.25) is 0 Å². The lowest BCUT2D eigenvalue weighted by Gasteiger charge is -2.14. The molecule has 0 saturated heterocycles. The highest BCUT2D eigenvalue weighted by molar-refractivity contribution is 5.74. The first-order valence-electron chi connectivity index (χ1n) is 9.89. The summed E-state index contributed by atoms with van der Waals surface area (Å²) in [7, 11) is 1.72. The lowest BCUT2D eigenvalue weighted by Crippen LogP contribution is -2.19. The van der Waals surface area contributed by atoms with Crippen molar-refractivity contribution in [2.45, 2.75) is 39.8 Å². The number of aromatic nitrogens is 4. The van der Waals surface area contributed by atoms with E-state index in [-0.39, 0.29) is 6.04 Å². The van der Waals surface area contributed by atoms with Gasteiger partial charge in [-0.2, -0.15) is 5.10 Å². The van der Waals surface area contributed by atoms with Gasteiger partial charge in [0.15, 0.2) is 0 Å². The van der Waals surface area contributed by atoms with Crippen LogP contribution in [0.3, 0.4) is 0 Å². The van der Waals surface area contributed by atoms with Crippen LogP contribution in [0.25, 0.3) is 11.0 Å². The van der Waals surface area contributed by atoms with Gasteiger partial charge in [-0.05, 0) is 50.1 Å². The van der Waals surface area contributed by atoms with Crippen molar-refractivity contribution < 1.29 is 4.74 Å². The average Bonchev–Trinajstić information content (AvgIpc) is 3.31. The van der Waals surface area contributed by atoms with E-state index in [1.54, 1.807) is 7.11 Å². The maximum absolute atomic E-state index is 5.59. The smallest absolute Gasteiger partial charge is 0.124 e. The van der Waals surface area contributed by atoms with Crippen LogP contribution < -0.4 is 10.1 Å². The number of rotatable bonds is 7. The van der Waals surface area contributed by atoms with E-state index in [1.807, 2.05) is 37.3 Å². The molecular weight excluding hydrogens is 362 g/mol. The lowest BCUT2D eigenvalue weighted by molar-refractivity contribution is 0.410. The molecule has 2 heterocycles. The van der Waals surface area contributed by atoms with Crippen molar-refractivity contribution in [3.05, 3.63) is 76.4 Å². The average molecular weight is 390 g/mol. The van der Waals surface area contributed by atoms with Crippen LogP contribution in [0.5, 0.6) is 5.75 Å². The molecule has 0 spiro atoms. The van der Waals surface area contributed by atoms with Crippen LogP contribution in [0.4, 0.5) is 0 Å². The van der Waals surface area contributed by atoms with Gasteiger partial charge in [0.2, 0.25) is 0 Å². The molecule has 0 bridgehead atoms. The van der Waals surface area contributed by atoms with Gasteiger partial charge in [-0.25, -0.2) is 4.98 Å². The van der Waals surface area contributed by atoms with Crippen LogP contribution in [0.15, 0.2) is 42.5 Å². The molecule has 0 aliphatic heterocycles. The van der Waals surface area contributed by atoms with E-state index in [0.717, 1.165) is 52.5 Å². The molecule has 1 unspecified atom stereocenters. The van der Waals surface area contributed by atoms with Crippen molar-refractivity contribution in [2.24, 2.45) is 0 Å². The van der Waals surface area contributed by atoms with Crippen LogP contribution >= 0.6 is 0 Å². The molecule has 0 aliphatic carbocycles. The van der Waals surface area contributed by atoms with Crippen molar-refractivity contribution in [3.8, 4) is 5.75 Å². The molecule has 0 aliphatic rings. The molecule has 2 aromatic heterocycles. The zero-order valence-electron chi connectivity index (χ0n) is 17.3. The Hall–Kier alpha value is -3.12. The quantitative estimate of drug-likeness (QED) is 0.439. The minimum atomic E-state index is 0.117. The highest BCUT2D eigenvalue weighted by Crippen LogP contribution is 2.25. The molecule has 29 heavy (non-hydrogen) atoms. The fourth-order valence-electron chi connectivity index (χ4n) is 3.65. The SMILES string of the molecule is COc1ccc(CNC(C)c2nc3ccccc3[nH]2)cc1Cc1c(C)n[nH]c1C. The fourth-order valence-corrected chi connectivity index (χ4v) is 3.65. The molecule has 0 amide bonds. The number of nitrogens with one attached hydrogen (secondary N) is 3. The third kappa shape index (κ3) is 4.03. The van der Waals surface area contributed by atoms with Crippen LogP contribution in [-0.4, -0.2) is 27.3 Å². The standard InChI is InChI=1S/C23H27N5O/c1-14-19(15(2)28-27-14)12-18-11-17(9-10-22(18)29-4)13-24-16(3)23-25-20-7-5-6-8-21(20)26-23/h5-11,16,24H,12-13H2,1-4H3,(H,25,26)(H,27,28). The van der Waals surface area contributed by atoms with Gasteiger partial charge in [0.25, 0.3) is 0 Å². The molecule has 4 rings (SSSR count). The Morgan fingerprint density at radius 2 is 1.97 bits per heavy atom. The summed E-state index contributed by atoms with van der Waals surface area (Å²) in [5, 5.41) is 10.9. The van der Waals surface area contributed by atoms with E-state index in [2.05, 4.69) is 46.5 Å². The van der Waals surface area contributed by atoms with Crippen LogP contribution in [0, 0.1) is 13.8 Å². The minimum absolute atomic E-state index is 0.117. The number of hydrogen-bond acceptors (Lipinski definition) is 4. The largest absolute Gasteiger partial charge is 0.496 e. The van der Waals surface area contributed by atoms with Gasteiger partial charge in [0.1, 0.15) is 11.6 Å². The minimum Gasteiger partial charge on any atom is -0.496 e. The third-order valence-electron chi connectivity index (χ3n) is 5.42. The van der Waals surface area contributed by atoms with Crippen molar-refractivity contribution >= 4 is 11.0 Å². The molecule has 2 aromatic carbocycles. The predicted molar refractivity (Wildman–Crippen MR) is 115 cm³/mol. The van der Waals surface area contributed by atoms with Crippen molar-refractivity contribution in [3.63, 3.8) is 0 Å². The summed E-state index contributed by atoms with van der Waals surface area (Å²) in [6, 6.07) is 14.6. The van der Waals surface area contributed by atoms with Gasteiger partial charge in [-0.1, -0.05) is 24.3 Å². The van der Waals surface area contributed by atoms with E-state index in [4.69, 9.17) is 9.72 Å². The third-order valence-corrected chi connectivity index (χ3v) is 5.42. The van der Waals surface area contributed by atoms with Crippen LogP contribution in [-0.2, 0) is 13.0 Å². The fraction of sp³-hybridized carbons (Fsp3) is 0.304. The molecule has 6 heteroatoms. The normalized spacial score (nSPS) is 12.4. The summed E-state index contributed by atoms with van der Waals surface area (Å²) in [5.41, 5.74) is 7.79. The molecule has 1 atom stereocenters. The summed E-state index contributed by atoms with van der Waals surface area (Å²) in [4.78, 5) is 8.09. The number of H-pyrrole nitrogens is 2.